The van der Waals surface area contributed by atoms with Crippen molar-refractivity contribution in [3.05, 3.63) is 35.9 Å². The van der Waals surface area contributed by atoms with Crippen LogP contribution in [0, 0.1) is 0 Å². The van der Waals surface area contributed by atoms with Gasteiger partial charge in [-0.15, -0.1) is 0 Å². The Hall–Kier alpha value is -0.973. The van der Waals surface area contributed by atoms with Crippen LogP contribution in [0.25, 0.3) is 0 Å². The number of rotatable bonds is 7. The van der Waals surface area contributed by atoms with E-state index in [1.54, 1.807) is 13.8 Å². The topological polar surface area (TPSA) is 46.5 Å². The van der Waals surface area contributed by atoms with Crippen molar-refractivity contribution in [2.75, 3.05) is 6.23 Å². The Bertz CT molecular complexity index is 479. The molecule has 22 heavy (non-hydrogen) atoms. The number of ketones is 1. The molecule has 1 rings (SSSR count). The van der Waals surface area contributed by atoms with Gasteiger partial charge in [-0.3, -0.25) is 4.79 Å². The predicted octanol–water partition coefficient (Wildman–Crippen LogP) is 3.96. The van der Waals surface area contributed by atoms with Gasteiger partial charge in [-0.25, -0.2) is 0 Å². The van der Waals surface area contributed by atoms with Crippen molar-refractivity contribution < 1.29 is 14.6 Å². The lowest BCUT2D eigenvalue weighted by molar-refractivity contribution is -0.118. The molecule has 0 saturated carbocycles. The lowest BCUT2D eigenvalue weighted by Crippen LogP contribution is -2.55. The highest BCUT2D eigenvalue weighted by molar-refractivity contribution is 6.85. The molecule has 1 aromatic carbocycles. The predicted molar refractivity (Wildman–Crippen MR) is 93.5 cm³/mol. The molecule has 1 aromatic rings. The van der Waals surface area contributed by atoms with Crippen molar-refractivity contribution in [3.8, 4) is 0 Å². The Morgan fingerprint density at radius 3 is 2.23 bits per heavy atom. The molecule has 3 nitrogen and oxygen atoms in total. The van der Waals surface area contributed by atoms with Gasteiger partial charge in [0.1, 0.15) is 5.78 Å². The van der Waals surface area contributed by atoms with E-state index >= 15 is 0 Å². The molecule has 0 saturated heterocycles. The van der Waals surface area contributed by atoms with Crippen LogP contribution in [0.3, 0.4) is 0 Å². The summed E-state index contributed by atoms with van der Waals surface area (Å²) in [6, 6.07) is 10.0. The Morgan fingerprint density at radius 1 is 1.27 bits per heavy atom. The number of carbonyl (C=O) groups excluding carboxylic acids is 1. The number of ether oxygens (including phenoxy) is 1. The normalized spacial score (nSPS) is 17.6. The highest BCUT2D eigenvalue weighted by atomic mass is 28.3. The van der Waals surface area contributed by atoms with Crippen LogP contribution >= 0.6 is 0 Å². The molecule has 0 spiro atoms. The maximum Gasteiger partial charge on any atom is 0.132 e. The van der Waals surface area contributed by atoms with Crippen molar-refractivity contribution in [1.82, 2.24) is 0 Å². The molecule has 0 amide bonds. The summed E-state index contributed by atoms with van der Waals surface area (Å²) >= 11 is 0. The van der Waals surface area contributed by atoms with E-state index in [1.807, 2.05) is 30.3 Å². The minimum Gasteiger partial charge on any atom is -0.393 e. The van der Waals surface area contributed by atoms with Crippen LogP contribution < -0.4 is 0 Å². The van der Waals surface area contributed by atoms with E-state index < -0.39 is 14.2 Å². The fourth-order valence-corrected chi connectivity index (χ4v) is 7.08. The first-order valence-corrected chi connectivity index (χ1v) is 10.7. The molecule has 0 aliphatic rings. The molecule has 0 aliphatic heterocycles. The average Bonchev–Trinajstić information content (AvgIpc) is 2.37. The SMILES string of the molecule is CC(=O)[C@H]([C@@H](C)O)[Si@](C)(COCc1ccccc1)C(C)(C)C. The van der Waals surface area contributed by atoms with E-state index in [4.69, 9.17) is 4.74 Å². The average molecular weight is 323 g/mol. The first kappa shape index (κ1) is 19.1. The van der Waals surface area contributed by atoms with Gasteiger partial charge in [0.2, 0.25) is 0 Å². The summed E-state index contributed by atoms with van der Waals surface area (Å²) < 4.78 is 5.99. The summed E-state index contributed by atoms with van der Waals surface area (Å²) in [6.45, 7) is 12.5. The number of benzene rings is 1. The molecule has 0 bridgehead atoms. The molecule has 4 heteroatoms. The summed E-state index contributed by atoms with van der Waals surface area (Å²) in [5, 5.41) is 10.1. The molecule has 0 aliphatic carbocycles. The van der Waals surface area contributed by atoms with Crippen LogP contribution in [0.1, 0.15) is 40.2 Å². The summed E-state index contributed by atoms with van der Waals surface area (Å²) in [7, 11) is -2.18. The summed E-state index contributed by atoms with van der Waals surface area (Å²) in [5.41, 5.74) is 0.826. The Balaban J connectivity index is 2.91. The lowest BCUT2D eigenvalue weighted by Gasteiger charge is -2.45. The zero-order valence-corrected chi connectivity index (χ0v) is 15.7. The highest BCUT2D eigenvalue weighted by Crippen LogP contribution is 2.45. The monoisotopic (exact) mass is 322 g/mol. The van der Waals surface area contributed by atoms with Gasteiger partial charge in [0.15, 0.2) is 0 Å². The largest absolute Gasteiger partial charge is 0.393 e. The van der Waals surface area contributed by atoms with Crippen LogP contribution in [-0.2, 0) is 16.1 Å². The zero-order chi connectivity index (χ0) is 17.0. The Kier molecular flexibility index (Phi) is 6.53. The van der Waals surface area contributed by atoms with Crippen LogP contribution in [0.4, 0.5) is 0 Å². The number of carbonyl (C=O) groups is 1. The van der Waals surface area contributed by atoms with E-state index in [0.29, 0.717) is 12.8 Å². The highest BCUT2D eigenvalue weighted by Gasteiger charge is 2.50. The summed E-state index contributed by atoms with van der Waals surface area (Å²) in [5.74, 6) is 0.0717. The lowest BCUT2D eigenvalue weighted by atomic mass is 10.2. The summed E-state index contributed by atoms with van der Waals surface area (Å²) in [6.07, 6.45) is -0.0608. The third-order valence-corrected chi connectivity index (χ3v) is 11.3. The van der Waals surface area contributed by atoms with E-state index in [0.717, 1.165) is 5.56 Å². The van der Waals surface area contributed by atoms with Crippen LogP contribution in [0.5, 0.6) is 0 Å². The maximum absolute atomic E-state index is 12.1. The van der Waals surface area contributed by atoms with Gasteiger partial charge in [0, 0.05) is 11.8 Å². The first-order valence-electron chi connectivity index (χ1n) is 7.90. The van der Waals surface area contributed by atoms with Crippen molar-refractivity contribution in [2.24, 2.45) is 0 Å². The molecule has 0 aromatic heterocycles. The van der Waals surface area contributed by atoms with Crippen molar-refractivity contribution in [2.45, 2.75) is 64.5 Å². The van der Waals surface area contributed by atoms with Gasteiger partial charge in [-0.05, 0) is 24.4 Å². The fraction of sp³-hybridized carbons (Fsp3) is 0.611. The third kappa shape index (κ3) is 4.51. The van der Waals surface area contributed by atoms with Gasteiger partial charge in [0.25, 0.3) is 0 Å². The van der Waals surface area contributed by atoms with Crippen LogP contribution in [-0.4, -0.2) is 31.3 Å². The Labute approximate surface area is 135 Å². The number of aliphatic hydroxyl groups excluding tert-OH is 1. The standard InChI is InChI=1S/C18H30O3Si/c1-14(19)17(15(2)20)22(6,18(3,4)5)13-21-12-16-10-8-7-9-11-16/h7-11,14,17,19H,12-13H2,1-6H3/t14-,17+,22+/m1/s1. The van der Waals surface area contributed by atoms with Crippen molar-refractivity contribution in [3.63, 3.8) is 0 Å². The number of hydrogen-bond acceptors (Lipinski definition) is 3. The van der Waals surface area contributed by atoms with Crippen molar-refractivity contribution >= 4 is 13.9 Å². The van der Waals surface area contributed by atoms with Crippen LogP contribution in [0.2, 0.25) is 17.1 Å². The molecule has 0 unspecified atom stereocenters. The number of aliphatic hydroxyl groups is 1. The zero-order valence-electron chi connectivity index (χ0n) is 14.7. The smallest absolute Gasteiger partial charge is 0.132 e. The van der Waals surface area contributed by atoms with Gasteiger partial charge < -0.3 is 9.84 Å². The molecular formula is C18H30O3Si. The third-order valence-electron chi connectivity index (χ3n) is 4.83. The number of Topliss-reactive ketones (excluding diaryl/α,β-unsaturated/α-hetero) is 1. The maximum atomic E-state index is 12.1. The Morgan fingerprint density at radius 2 is 1.82 bits per heavy atom. The second kappa shape index (κ2) is 7.53. The van der Waals surface area contributed by atoms with Crippen LogP contribution in [0.15, 0.2) is 30.3 Å². The minimum absolute atomic E-state index is 0.0307. The van der Waals surface area contributed by atoms with Gasteiger partial charge in [-0.2, -0.15) is 0 Å². The van der Waals surface area contributed by atoms with Gasteiger partial charge >= 0.3 is 0 Å². The van der Waals surface area contributed by atoms with E-state index in [9.17, 15) is 9.90 Å². The second-order valence-electron chi connectivity index (χ2n) is 7.47. The molecular weight excluding hydrogens is 292 g/mol. The van der Waals surface area contributed by atoms with Crippen molar-refractivity contribution in [1.29, 1.82) is 0 Å². The molecule has 0 fully saturated rings. The minimum atomic E-state index is -2.18. The molecule has 0 radical (unpaired) electrons. The van der Waals surface area contributed by atoms with E-state index in [2.05, 4.69) is 27.3 Å². The van der Waals surface area contributed by atoms with Gasteiger partial charge in [-0.1, -0.05) is 57.7 Å². The number of hydrogen-bond donors (Lipinski definition) is 1. The van der Waals surface area contributed by atoms with Gasteiger partial charge in [0.05, 0.1) is 20.8 Å². The quantitative estimate of drug-likeness (QED) is 0.773. The molecule has 0 heterocycles. The molecule has 1 N–H and O–H groups in total. The second-order valence-corrected chi connectivity index (χ2v) is 12.7. The van der Waals surface area contributed by atoms with E-state index in [1.165, 1.54) is 0 Å². The fourth-order valence-electron chi connectivity index (χ4n) is 3.05. The summed E-state index contributed by atoms with van der Waals surface area (Å²) in [4.78, 5) is 12.1. The molecule has 124 valence electrons. The first-order chi connectivity index (χ1) is 10.1. The molecule has 3 atom stereocenters. The van der Waals surface area contributed by atoms with E-state index in [-0.39, 0.29) is 16.4 Å².